The Labute approximate surface area is 133 Å². The molecule has 0 saturated heterocycles. The van der Waals surface area contributed by atoms with Crippen molar-refractivity contribution in [3.05, 3.63) is 35.4 Å². The largest absolute Gasteiger partial charge is 0.391 e. The number of carbonyl (C=O) groups excluding carboxylic acids is 1. The fraction of sp³-hybridized carbons (Fsp3) is 0.588. The summed E-state index contributed by atoms with van der Waals surface area (Å²) in [6, 6.07) is 7.35. The van der Waals surface area contributed by atoms with Crippen LogP contribution < -0.4 is 5.32 Å². The molecular weight excluding hydrogens is 305 g/mol. The first kappa shape index (κ1) is 16.1. The van der Waals surface area contributed by atoms with E-state index in [1.54, 1.807) is 4.90 Å². The summed E-state index contributed by atoms with van der Waals surface area (Å²) in [6.45, 7) is 1.13. The molecule has 0 bridgehead atoms. The van der Waals surface area contributed by atoms with E-state index < -0.39 is 12.1 Å². The van der Waals surface area contributed by atoms with Gasteiger partial charge in [-0.2, -0.15) is 13.2 Å². The Morgan fingerprint density at radius 3 is 2.65 bits per heavy atom. The van der Waals surface area contributed by atoms with Crippen molar-refractivity contribution < 1.29 is 18.0 Å². The Morgan fingerprint density at radius 2 is 1.91 bits per heavy atom. The predicted molar refractivity (Wildman–Crippen MR) is 80.9 cm³/mol. The highest BCUT2D eigenvalue weighted by molar-refractivity contribution is 5.75. The molecule has 126 valence electrons. The first-order valence-corrected chi connectivity index (χ1v) is 8.12. The van der Waals surface area contributed by atoms with Gasteiger partial charge in [0.25, 0.3) is 0 Å². The van der Waals surface area contributed by atoms with E-state index in [-0.39, 0.29) is 24.9 Å². The molecule has 1 fully saturated rings. The van der Waals surface area contributed by atoms with Gasteiger partial charge >= 0.3 is 12.2 Å². The lowest BCUT2D eigenvalue weighted by Crippen LogP contribution is -2.48. The summed E-state index contributed by atoms with van der Waals surface area (Å²) >= 11 is 0. The number of benzene rings is 1. The Hall–Kier alpha value is -1.72. The number of fused-ring (bicyclic) bond motifs is 1. The quantitative estimate of drug-likeness (QED) is 0.835. The molecule has 2 atom stereocenters. The molecule has 0 spiro atoms. The maximum Gasteiger partial charge on any atom is 0.391 e. The molecule has 0 unspecified atom stereocenters. The van der Waals surface area contributed by atoms with Crippen molar-refractivity contribution in [3.63, 3.8) is 0 Å². The van der Waals surface area contributed by atoms with Gasteiger partial charge in [0.1, 0.15) is 0 Å². The molecule has 0 radical (unpaired) electrons. The summed E-state index contributed by atoms with van der Waals surface area (Å²) in [5.74, 6) is -1.29. The third-order valence-electron chi connectivity index (χ3n) is 4.88. The van der Waals surface area contributed by atoms with Gasteiger partial charge in [-0.05, 0) is 36.8 Å². The van der Waals surface area contributed by atoms with Crippen LogP contribution in [0, 0.1) is 5.92 Å². The van der Waals surface area contributed by atoms with Crippen LogP contribution in [0.4, 0.5) is 18.0 Å². The highest BCUT2D eigenvalue weighted by Crippen LogP contribution is 2.37. The normalized spacial score (nSPS) is 24.9. The third kappa shape index (κ3) is 3.79. The van der Waals surface area contributed by atoms with Gasteiger partial charge in [0.05, 0.1) is 5.92 Å². The van der Waals surface area contributed by atoms with Crippen LogP contribution in [0.5, 0.6) is 0 Å². The van der Waals surface area contributed by atoms with Crippen molar-refractivity contribution in [1.29, 1.82) is 0 Å². The first-order chi connectivity index (χ1) is 10.9. The van der Waals surface area contributed by atoms with Crippen LogP contribution >= 0.6 is 0 Å². The summed E-state index contributed by atoms with van der Waals surface area (Å²) in [6.07, 6.45) is -2.06. The third-order valence-corrected chi connectivity index (χ3v) is 4.88. The van der Waals surface area contributed by atoms with Gasteiger partial charge in [-0.3, -0.25) is 0 Å². The number of nitrogens with zero attached hydrogens (tertiary/aromatic N) is 1. The topological polar surface area (TPSA) is 32.3 Å². The zero-order chi connectivity index (χ0) is 16.4. The Balaban J connectivity index is 1.57. The molecule has 3 rings (SSSR count). The minimum absolute atomic E-state index is 0.000330. The number of urea groups is 1. The van der Waals surface area contributed by atoms with Crippen molar-refractivity contribution in [2.75, 3.05) is 6.54 Å². The number of amides is 2. The lowest BCUT2D eigenvalue weighted by atomic mass is 9.85. The van der Waals surface area contributed by atoms with Gasteiger partial charge in [0.2, 0.25) is 0 Å². The number of carbonyl (C=O) groups is 1. The second-order valence-electron chi connectivity index (χ2n) is 6.49. The molecule has 1 aliphatic heterocycles. The van der Waals surface area contributed by atoms with Gasteiger partial charge in [-0.25, -0.2) is 4.79 Å². The summed E-state index contributed by atoms with van der Waals surface area (Å²) in [4.78, 5) is 14.1. The van der Waals surface area contributed by atoms with Gasteiger partial charge < -0.3 is 10.2 Å². The molecule has 1 aliphatic carbocycles. The Kier molecular flexibility index (Phi) is 4.50. The second-order valence-corrected chi connectivity index (χ2v) is 6.49. The van der Waals surface area contributed by atoms with E-state index in [0.717, 1.165) is 12.0 Å². The molecule has 3 nitrogen and oxygen atoms in total. The fourth-order valence-electron chi connectivity index (χ4n) is 3.55. The summed E-state index contributed by atoms with van der Waals surface area (Å²) in [7, 11) is 0. The summed E-state index contributed by atoms with van der Waals surface area (Å²) in [5, 5.41) is 2.81. The van der Waals surface area contributed by atoms with Crippen LogP contribution in [0.25, 0.3) is 0 Å². The molecule has 23 heavy (non-hydrogen) atoms. The molecule has 1 N–H and O–H groups in total. The van der Waals surface area contributed by atoms with E-state index in [2.05, 4.69) is 11.4 Å². The average Bonchev–Trinajstić information content (AvgIpc) is 2.54. The lowest BCUT2D eigenvalue weighted by molar-refractivity contribution is -0.183. The molecule has 1 aromatic carbocycles. The van der Waals surface area contributed by atoms with Gasteiger partial charge in [-0.15, -0.1) is 0 Å². The number of halogens is 3. The number of hydrogen-bond acceptors (Lipinski definition) is 1. The molecule has 2 aliphatic rings. The van der Waals surface area contributed by atoms with Crippen LogP contribution in [-0.2, 0) is 13.0 Å². The molecule has 0 aromatic heterocycles. The fourth-order valence-corrected chi connectivity index (χ4v) is 3.55. The highest BCUT2D eigenvalue weighted by Gasteiger charge is 2.42. The van der Waals surface area contributed by atoms with E-state index >= 15 is 0 Å². The number of nitrogens with one attached hydrogen (secondary N) is 1. The SMILES string of the molecule is O=C(N[C@@H]1CCC[C@H](C(F)(F)F)C1)N1CCc2ccccc2C1. The minimum atomic E-state index is -4.16. The van der Waals surface area contributed by atoms with Crippen molar-refractivity contribution in [2.45, 2.75) is 50.9 Å². The smallest absolute Gasteiger partial charge is 0.335 e. The molecule has 1 saturated carbocycles. The lowest BCUT2D eigenvalue weighted by Gasteiger charge is -2.34. The number of hydrogen-bond donors (Lipinski definition) is 1. The number of alkyl halides is 3. The van der Waals surface area contributed by atoms with Crippen molar-refractivity contribution >= 4 is 6.03 Å². The van der Waals surface area contributed by atoms with Crippen molar-refractivity contribution in [3.8, 4) is 0 Å². The van der Waals surface area contributed by atoms with E-state index in [4.69, 9.17) is 0 Å². The van der Waals surface area contributed by atoms with Crippen molar-refractivity contribution in [1.82, 2.24) is 10.2 Å². The molecular formula is C17H21F3N2O. The van der Waals surface area contributed by atoms with Gasteiger partial charge in [0.15, 0.2) is 0 Å². The van der Waals surface area contributed by atoms with Crippen LogP contribution in [-0.4, -0.2) is 29.7 Å². The molecule has 2 amide bonds. The first-order valence-electron chi connectivity index (χ1n) is 8.12. The Morgan fingerprint density at radius 1 is 1.17 bits per heavy atom. The molecule has 1 heterocycles. The van der Waals surface area contributed by atoms with E-state index in [1.165, 1.54) is 5.56 Å². The van der Waals surface area contributed by atoms with E-state index in [1.807, 2.05) is 18.2 Å². The molecule has 6 heteroatoms. The average molecular weight is 326 g/mol. The van der Waals surface area contributed by atoms with Crippen molar-refractivity contribution in [2.24, 2.45) is 5.92 Å². The predicted octanol–water partition coefficient (Wildman–Crippen LogP) is 3.88. The van der Waals surface area contributed by atoms with E-state index in [9.17, 15) is 18.0 Å². The zero-order valence-corrected chi connectivity index (χ0v) is 12.9. The molecule has 1 aromatic rings. The van der Waals surface area contributed by atoms with Crippen LogP contribution in [0.15, 0.2) is 24.3 Å². The summed E-state index contributed by atoms with van der Waals surface area (Å²) in [5.41, 5.74) is 2.36. The van der Waals surface area contributed by atoms with Gasteiger partial charge in [0, 0.05) is 19.1 Å². The minimum Gasteiger partial charge on any atom is -0.335 e. The van der Waals surface area contributed by atoms with E-state index in [0.29, 0.717) is 25.9 Å². The maximum atomic E-state index is 12.8. The highest BCUT2D eigenvalue weighted by atomic mass is 19.4. The Bertz CT molecular complexity index is 573. The summed E-state index contributed by atoms with van der Waals surface area (Å²) < 4.78 is 38.5. The second kappa shape index (κ2) is 6.42. The maximum absolute atomic E-state index is 12.8. The van der Waals surface area contributed by atoms with Crippen LogP contribution in [0.2, 0.25) is 0 Å². The van der Waals surface area contributed by atoms with Crippen LogP contribution in [0.3, 0.4) is 0 Å². The number of rotatable bonds is 1. The zero-order valence-electron chi connectivity index (χ0n) is 12.9. The standard InChI is InChI=1S/C17H21F3N2O/c18-17(19,20)14-6-3-7-15(10-14)21-16(23)22-9-8-12-4-1-2-5-13(12)11-22/h1-2,4-5,14-15H,3,6-11H2,(H,21,23)/t14-,15+/m0/s1. The monoisotopic (exact) mass is 326 g/mol. The van der Waals surface area contributed by atoms with Gasteiger partial charge in [-0.1, -0.05) is 30.7 Å². The van der Waals surface area contributed by atoms with Crippen LogP contribution in [0.1, 0.15) is 36.8 Å².